The number of oxime groups is 1. The Kier molecular flexibility index (Phi) is 3.04. The predicted molar refractivity (Wildman–Crippen MR) is 70.6 cm³/mol. The smallest absolute Gasteiger partial charge is 0.156 e. The van der Waals surface area contributed by atoms with Gasteiger partial charge in [-0.25, -0.2) is 0 Å². The highest BCUT2D eigenvalue weighted by Crippen LogP contribution is 2.34. The number of nitrogens with zero attached hydrogens (tertiary/aromatic N) is 3. The van der Waals surface area contributed by atoms with Gasteiger partial charge in [0.1, 0.15) is 5.71 Å². The lowest BCUT2D eigenvalue weighted by atomic mass is 9.87. The molecule has 1 spiro atoms. The van der Waals surface area contributed by atoms with E-state index in [1.165, 1.54) is 13.0 Å². The normalized spacial score (nSPS) is 28.2. The first kappa shape index (κ1) is 11.7. The van der Waals surface area contributed by atoms with Crippen LogP contribution in [0.5, 0.6) is 0 Å². The van der Waals surface area contributed by atoms with Gasteiger partial charge in [-0.05, 0) is 38.1 Å². The molecule has 0 N–H and O–H groups in total. The van der Waals surface area contributed by atoms with Gasteiger partial charge in [-0.2, -0.15) is 0 Å². The van der Waals surface area contributed by atoms with E-state index >= 15 is 0 Å². The molecule has 1 aromatic heterocycles. The molecule has 18 heavy (non-hydrogen) atoms. The summed E-state index contributed by atoms with van der Waals surface area (Å²) in [6.45, 7) is 5.46. The molecule has 2 aliphatic heterocycles. The van der Waals surface area contributed by atoms with E-state index in [2.05, 4.69) is 22.0 Å². The van der Waals surface area contributed by atoms with Crippen molar-refractivity contribution in [3.63, 3.8) is 0 Å². The summed E-state index contributed by atoms with van der Waals surface area (Å²) in [4.78, 5) is 12.6. The molecular weight excluding hydrogens is 226 g/mol. The fourth-order valence-electron chi connectivity index (χ4n) is 2.87. The van der Waals surface area contributed by atoms with Gasteiger partial charge in [-0.3, -0.25) is 9.88 Å². The van der Waals surface area contributed by atoms with Gasteiger partial charge in [0.15, 0.2) is 5.60 Å². The maximum absolute atomic E-state index is 5.79. The van der Waals surface area contributed by atoms with Crippen LogP contribution in [0.15, 0.2) is 29.6 Å². The molecule has 1 atom stereocenters. The lowest BCUT2D eigenvalue weighted by Crippen LogP contribution is -2.48. The van der Waals surface area contributed by atoms with Crippen LogP contribution in [0.4, 0.5) is 0 Å². The van der Waals surface area contributed by atoms with E-state index in [0.29, 0.717) is 0 Å². The molecule has 3 rings (SSSR count). The van der Waals surface area contributed by atoms with Gasteiger partial charge in [0.25, 0.3) is 0 Å². The largest absolute Gasteiger partial charge is 0.387 e. The van der Waals surface area contributed by atoms with Gasteiger partial charge in [0, 0.05) is 19.2 Å². The number of likely N-dealkylation sites (tertiary alicyclic amines) is 1. The van der Waals surface area contributed by atoms with Crippen LogP contribution in [0.2, 0.25) is 0 Å². The van der Waals surface area contributed by atoms with Crippen molar-refractivity contribution in [3.05, 3.63) is 30.1 Å². The minimum Gasteiger partial charge on any atom is -0.387 e. The first-order chi connectivity index (χ1) is 8.81. The van der Waals surface area contributed by atoms with E-state index in [0.717, 1.165) is 37.3 Å². The average Bonchev–Trinajstić information content (AvgIpc) is 2.83. The third-order valence-corrected chi connectivity index (χ3v) is 3.87. The molecule has 0 radical (unpaired) electrons. The monoisotopic (exact) mass is 245 g/mol. The Hall–Kier alpha value is -1.42. The van der Waals surface area contributed by atoms with Crippen LogP contribution < -0.4 is 0 Å². The second-order valence-electron chi connectivity index (χ2n) is 5.18. The Morgan fingerprint density at radius 2 is 2.39 bits per heavy atom. The van der Waals surface area contributed by atoms with Crippen LogP contribution in [0, 0.1) is 0 Å². The number of hydrogen-bond donors (Lipinski definition) is 0. The Bertz CT molecular complexity index is 446. The molecule has 0 bridgehead atoms. The van der Waals surface area contributed by atoms with E-state index in [-0.39, 0.29) is 5.60 Å². The number of rotatable bonds is 2. The van der Waals surface area contributed by atoms with Crippen LogP contribution >= 0.6 is 0 Å². The highest BCUT2D eigenvalue weighted by molar-refractivity contribution is 6.00. The summed E-state index contributed by atoms with van der Waals surface area (Å²) in [7, 11) is 0. The summed E-state index contributed by atoms with van der Waals surface area (Å²) in [6.07, 6.45) is 4.99. The Morgan fingerprint density at radius 1 is 1.44 bits per heavy atom. The molecule has 4 heteroatoms. The van der Waals surface area contributed by atoms with Gasteiger partial charge < -0.3 is 4.84 Å². The number of hydrogen-bond acceptors (Lipinski definition) is 4. The third kappa shape index (κ3) is 2.12. The predicted octanol–water partition coefficient (Wildman–Crippen LogP) is 2.06. The van der Waals surface area contributed by atoms with Crippen molar-refractivity contribution in [2.24, 2.45) is 5.16 Å². The molecule has 1 fully saturated rings. The Labute approximate surface area is 108 Å². The van der Waals surface area contributed by atoms with Crippen molar-refractivity contribution in [1.82, 2.24) is 9.88 Å². The van der Waals surface area contributed by atoms with E-state index in [9.17, 15) is 0 Å². The van der Waals surface area contributed by atoms with Crippen molar-refractivity contribution in [2.45, 2.75) is 31.8 Å². The summed E-state index contributed by atoms with van der Waals surface area (Å²) in [6, 6.07) is 5.92. The summed E-state index contributed by atoms with van der Waals surface area (Å²) >= 11 is 0. The van der Waals surface area contributed by atoms with Crippen molar-refractivity contribution >= 4 is 5.71 Å². The Balaban J connectivity index is 1.73. The van der Waals surface area contributed by atoms with E-state index < -0.39 is 0 Å². The fourth-order valence-corrected chi connectivity index (χ4v) is 2.87. The van der Waals surface area contributed by atoms with E-state index in [4.69, 9.17) is 4.84 Å². The second-order valence-corrected chi connectivity index (χ2v) is 5.18. The van der Waals surface area contributed by atoms with Gasteiger partial charge in [0.2, 0.25) is 0 Å². The topological polar surface area (TPSA) is 37.7 Å². The van der Waals surface area contributed by atoms with Gasteiger partial charge in [-0.1, -0.05) is 18.1 Å². The molecule has 0 aromatic carbocycles. The summed E-state index contributed by atoms with van der Waals surface area (Å²) in [5.74, 6) is 0. The zero-order chi connectivity index (χ0) is 12.4. The van der Waals surface area contributed by atoms with Gasteiger partial charge >= 0.3 is 0 Å². The number of pyridine rings is 1. The number of aromatic nitrogens is 1. The van der Waals surface area contributed by atoms with Gasteiger partial charge in [0.05, 0.1) is 5.69 Å². The summed E-state index contributed by atoms with van der Waals surface area (Å²) in [5, 5.41) is 4.28. The first-order valence-electron chi connectivity index (χ1n) is 6.70. The van der Waals surface area contributed by atoms with Crippen molar-refractivity contribution in [1.29, 1.82) is 0 Å². The third-order valence-electron chi connectivity index (χ3n) is 3.87. The van der Waals surface area contributed by atoms with E-state index in [1.807, 2.05) is 24.4 Å². The molecular formula is C14H19N3O. The van der Waals surface area contributed by atoms with Gasteiger partial charge in [-0.15, -0.1) is 0 Å². The van der Waals surface area contributed by atoms with Crippen LogP contribution in [0.25, 0.3) is 0 Å². The SMILES string of the molecule is CCN1CCCC2(CC(c3ccccn3)=NO2)C1. The zero-order valence-corrected chi connectivity index (χ0v) is 10.8. The minimum atomic E-state index is -0.0961. The number of likely N-dealkylation sites (N-methyl/N-ethyl adjacent to an activating group) is 1. The molecule has 0 saturated carbocycles. The van der Waals surface area contributed by atoms with Crippen molar-refractivity contribution in [2.75, 3.05) is 19.6 Å². The zero-order valence-electron chi connectivity index (χ0n) is 10.8. The molecule has 3 heterocycles. The maximum atomic E-state index is 5.79. The molecule has 1 aromatic rings. The molecule has 0 aliphatic carbocycles. The van der Waals surface area contributed by atoms with Crippen LogP contribution in [0.3, 0.4) is 0 Å². The minimum absolute atomic E-state index is 0.0961. The highest BCUT2D eigenvalue weighted by atomic mass is 16.7. The summed E-state index contributed by atoms with van der Waals surface area (Å²) < 4.78 is 0. The highest BCUT2D eigenvalue weighted by Gasteiger charge is 2.42. The molecule has 0 amide bonds. The van der Waals surface area contributed by atoms with E-state index in [1.54, 1.807) is 0 Å². The lowest BCUT2D eigenvalue weighted by Gasteiger charge is -2.37. The van der Waals surface area contributed by atoms with Crippen molar-refractivity contribution < 1.29 is 4.84 Å². The molecule has 96 valence electrons. The Morgan fingerprint density at radius 3 is 3.17 bits per heavy atom. The van der Waals surface area contributed by atoms with Crippen molar-refractivity contribution in [3.8, 4) is 0 Å². The van der Waals surface area contributed by atoms with Crippen LogP contribution in [-0.2, 0) is 4.84 Å². The summed E-state index contributed by atoms with van der Waals surface area (Å²) in [5.41, 5.74) is 1.85. The molecule has 4 nitrogen and oxygen atoms in total. The average molecular weight is 245 g/mol. The lowest BCUT2D eigenvalue weighted by molar-refractivity contribution is -0.0674. The molecule has 1 saturated heterocycles. The quantitative estimate of drug-likeness (QED) is 0.800. The van der Waals surface area contributed by atoms with Crippen LogP contribution in [-0.4, -0.2) is 40.8 Å². The molecule has 2 aliphatic rings. The molecule has 1 unspecified atom stereocenters. The number of piperidine rings is 1. The maximum Gasteiger partial charge on any atom is 0.156 e. The van der Waals surface area contributed by atoms with Crippen LogP contribution in [0.1, 0.15) is 31.9 Å². The standard InChI is InChI=1S/C14H19N3O/c1-2-17-9-5-7-14(11-17)10-13(16-18-14)12-6-3-4-8-15-12/h3-4,6,8H,2,5,7,9-11H2,1H3. The second kappa shape index (κ2) is 4.69. The first-order valence-corrected chi connectivity index (χ1v) is 6.70. The fraction of sp³-hybridized carbons (Fsp3) is 0.571.